The van der Waals surface area contributed by atoms with Crippen LogP contribution in [0.25, 0.3) is 0 Å². The highest BCUT2D eigenvalue weighted by Crippen LogP contribution is 2.32. The summed E-state index contributed by atoms with van der Waals surface area (Å²) < 4.78 is 0. The molecular formula is C13H18N4O3. The Balaban J connectivity index is 2.39. The summed E-state index contributed by atoms with van der Waals surface area (Å²) in [6, 6.07) is 4.30. The predicted octanol–water partition coefficient (Wildman–Crippen LogP) is 0.867. The number of hydrogen-bond donors (Lipinski definition) is 2. The first-order chi connectivity index (χ1) is 9.40. The van der Waals surface area contributed by atoms with Crippen LogP contribution in [0.5, 0.6) is 0 Å². The fourth-order valence-corrected chi connectivity index (χ4v) is 2.47. The van der Waals surface area contributed by atoms with Crippen molar-refractivity contribution in [3.8, 4) is 0 Å². The maximum absolute atomic E-state index is 11.2. The van der Waals surface area contributed by atoms with E-state index < -0.39 is 10.8 Å². The number of primary amides is 1. The molecule has 2 rings (SSSR count). The van der Waals surface area contributed by atoms with E-state index >= 15 is 0 Å². The van der Waals surface area contributed by atoms with Crippen molar-refractivity contribution in [3.05, 3.63) is 33.9 Å². The number of nitro benzene ring substituents is 1. The lowest BCUT2D eigenvalue weighted by Crippen LogP contribution is -2.46. The van der Waals surface area contributed by atoms with E-state index in [1.807, 2.05) is 11.8 Å². The molecule has 20 heavy (non-hydrogen) atoms. The Bertz CT molecular complexity index is 546. The van der Waals surface area contributed by atoms with Crippen LogP contribution in [0.1, 0.15) is 23.7 Å². The third-order valence-corrected chi connectivity index (χ3v) is 3.77. The Hall–Kier alpha value is -2.15. The van der Waals surface area contributed by atoms with E-state index in [1.54, 1.807) is 0 Å². The van der Waals surface area contributed by atoms with Crippen LogP contribution in [-0.4, -0.2) is 30.0 Å². The van der Waals surface area contributed by atoms with Gasteiger partial charge in [-0.1, -0.05) is 6.92 Å². The number of piperidine rings is 1. The standard InChI is InChI=1S/C13H18N4O3/c1-8-7-16(5-4-10(8)14)12-6-9(13(15)18)2-3-11(12)17(19)20/h2-3,6,8,10H,4-5,7,14H2,1H3,(H2,15,18). The van der Waals surface area contributed by atoms with E-state index in [4.69, 9.17) is 11.5 Å². The lowest BCUT2D eigenvalue weighted by Gasteiger charge is -2.36. The highest BCUT2D eigenvalue weighted by Gasteiger charge is 2.28. The molecule has 1 saturated heterocycles. The van der Waals surface area contributed by atoms with Crippen LogP contribution in [0.4, 0.5) is 11.4 Å². The highest BCUT2D eigenvalue weighted by molar-refractivity contribution is 5.94. The molecule has 1 aliphatic heterocycles. The molecule has 0 radical (unpaired) electrons. The lowest BCUT2D eigenvalue weighted by atomic mass is 9.94. The summed E-state index contributed by atoms with van der Waals surface area (Å²) in [5.41, 5.74) is 11.9. The van der Waals surface area contributed by atoms with Crippen LogP contribution in [0.15, 0.2) is 18.2 Å². The minimum absolute atomic E-state index is 0.0160. The number of benzene rings is 1. The van der Waals surface area contributed by atoms with Crippen molar-refractivity contribution >= 4 is 17.3 Å². The number of nitro groups is 1. The van der Waals surface area contributed by atoms with Crippen molar-refractivity contribution in [2.45, 2.75) is 19.4 Å². The van der Waals surface area contributed by atoms with Crippen molar-refractivity contribution in [2.24, 2.45) is 17.4 Å². The Labute approximate surface area is 116 Å². The van der Waals surface area contributed by atoms with E-state index in [1.165, 1.54) is 18.2 Å². The molecule has 0 aromatic heterocycles. The minimum Gasteiger partial charge on any atom is -0.366 e. The van der Waals surface area contributed by atoms with Crippen LogP contribution >= 0.6 is 0 Å². The lowest BCUT2D eigenvalue weighted by molar-refractivity contribution is -0.384. The van der Waals surface area contributed by atoms with Gasteiger partial charge in [0.2, 0.25) is 5.91 Å². The number of hydrogen-bond acceptors (Lipinski definition) is 5. The summed E-state index contributed by atoms with van der Waals surface area (Å²) in [5.74, 6) is -0.358. The van der Waals surface area contributed by atoms with Crippen molar-refractivity contribution in [1.29, 1.82) is 0 Å². The van der Waals surface area contributed by atoms with Gasteiger partial charge in [-0.3, -0.25) is 14.9 Å². The first kappa shape index (κ1) is 14.3. The van der Waals surface area contributed by atoms with Gasteiger partial charge in [-0.05, 0) is 24.5 Å². The second kappa shape index (κ2) is 5.46. The molecule has 1 aromatic carbocycles. The molecule has 0 aliphatic carbocycles. The molecule has 1 aliphatic rings. The summed E-state index contributed by atoms with van der Waals surface area (Å²) in [5, 5.41) is 11.1. The van der Waals surface area contributed by atoms with Crippen LogP contribution in [-0.2, 0) is 0 Å². The summed E-state index contributed by atoms with van der Waals surface area (Å²) in [6.45, 7) is 3.28. The topological polar surface area (TPSA) is 115 Å². The van der Waals surface area contributed by atoms with Gasteiger partial charge >= 0.3 is 0 Å². The number of carbonyl (C=O) groups excluding carboxylic acids is 1. The number of carbonyl (C=O) groups is 1. The highest BCUT2D eigenvalue weighted by atomic mass is 16.6. The van der Waals surface area contributed by atoms with Crippen molar-refractivity contribution in [3.63, 3.8) is 0 Å². The maximum Gasteiger partial charge on any atom is 0.292 e. The second-order valence-electron chi connectivity index (χ2n) is 5.20. The Morgan fingerprint density at radius 2 is 2.20 bits per heavy atom. The molecule has 1 heterocycles. The average Bonchev–Trinajstić information content (AvgIpc) is 2.41. The van der Waals surface area contributed by atoms with Gasteiger partial charge in [0, 0.05) is 30.8 Å². The minimum atomic E-state index is -0.595. The van der Waals surface area contributed by atoms with Gasteiger partial charge in [0.1, 0.15) is 5.69 Å². The normalized spacial score (nSPS) is 22.6. The number of amides is 1. The fraction of sp³-hybridized carbons (Fsp3) is 0.462. The van der Waals surface area contributed by atoms with Crippen molar-refractivity contribution in [2.75, 3.05) is 18.0 Å². The van der Waals surface area contributed by atoms with Gasteiger partial charge < -0.3 is 16.4 Å². The van der Waals surface area contributed by atoms with E-state index in [-0.39, 0.29) is 23.2 Å². The van der Waals surface area contributed by atoms with Gasteiger partial charge in [0.25, 0.3) is 5.69 Å². The predicted molar refractivity (Wildman–Crippen MR) is 75.6 cm³/mol. The van der Waals surface area contributed by atoms with Crippen LogP contribution in [0.3, 0.4) is 0 Å². The van der Waals surface area contributed by atoms with E-state index in [2.05, 4.69) is 0 Å². The van der Waals surface area contributed by atoms with E-state index in [0.717, 1.165) is 6.42 Å². The molecule has 0 saturated carbocycles. The number of rotatable bonds is 3. The van der Waals surface area contributed by atoms with Gasteiger partial charge in [0.05, 0.1) is 4.92 Å². The van der Waals surface area contributed by atoms with Crippen molar-refractivity contribution in [1.82, 2.24) is 0 Å². The largest absolute Gasteiger partial charge is 0.366 e. The quantitative estimate of drug-likeness (QED) is 0.628. The van der Waals surface area contributed by atoms with Crippen LogP contribution in [0.2, 0.25) is 0 Å². The zero-order valence-corrected chi connectivity index (χ0v) is 11.3. The first-order valence-corrected chi connectivity index (χ1v) is 6.49. The molecule has 1 amide bonds. The van der Waals surface area contributed by atoms with Gasteiger partial charge in [0.15, 0.2) is 0 Å². The summed E-state index contributed by atoms with van der Waals surface area (Å²) >= 11 is 0. The Kier molecular flexibility index (Phi) is 3.89. The van der Waals surface area contributed by atoms with Crippen LogP contribution in [0, 0.1) is 16.0 Å². The summed E-state index contributed by atoms with van der Waals surface area (Å²) in [4.78, 5) is 23.8. The van der Waals surface area contributed by atoms with Gasteiger partial charge in [-0.15, -0.1) is 0 Å². The molecule has 0 spiro atoms. The zero-order valence-electron chi connectivity index (χ0n) is 11.3. The van der Waals surface area contributed by atoms with E-state index in [0.29, 0.717) is 18.8 Å². The number of anilines is 1. The number of nitrogens with zero attached hydrogens (tertiary/aromatic N) is 2. The molecule has 1 fully saturated rings. The molecule has 2 atom stereocenters. The molecule has 7 nitrogen and oxygen atoms in total. The Morgan fingerprint density at radius 1 is 1.50 bits per heavy atom. The monoisotopic (exact) mass is 278 g/mol. The Morgan fingerprint density at radius 3 is 2.75 bits per heavy atom. The molecule has 0 bridgehead atoms. The molecule has 7 heteroatoms. The molecule has 108 valence electrons. The second-order valence-corrected chi connectivity index (χ2v) is 5.20. The maximum atomic E-state index is 11.2. The third kappa shape index (κ3) is 2.72. The molecule has 1 aromatic rings. The smallest absolute Gasteiger partial charge is 0.292 e. The fourth-order valence-electron chi connectivity index (χ4n) is 2.47. The molecule has 4 N–H and O–H groups in total. The molecular weight excluding hydrogens is 260 g/mol. The number of nitrogens with two attached hydrogens (primary N) is 2. The zero-order chi connectivity index (χ0) is 14.9. The van der Waals surface area contributed by atoms with Crippen LogP contribution < -0.4 is 16.4 Å². The molecule has 2 unspecified atom stereocenters. The van der Waals surface area contributed by atoms with Crippen molar-refractivity contribution < 1.29 is 9.72 Å². The van der Waals surface area contributed by atoms with E-state index in [9.17, 15) is 14.9 Å². The SMILES string of the molecule is CC1CN(c2cc(C(N)=O)ccc2[N+](=O)[O-])CCC1N. The third-order valence-electron chi connectivity index (χ3n) is 3.77. The summed E-state index contributed by atoms with van der Waals surface area (Å²) in [7, 11) is 0. The first-order valence-electron chi connectivity index (χ1n) is 6.49. The van der Waals surface area contributed by atoms with Gasteiger partial charge in [-0.25, -0.2) is 0 Å². The average molecular weight is 278 g/mol. The summed E-state index contributed by atoms with van der Waals surface area (Å²) in [6.07, 6.45) is 0.763. The van der Waals surface area contributed by atoms with Gasteiger partial charge in [-0.2, -0.15) is 0 Å².